The molecule has 0 aliphatic carbocycles. The van der Waals surface area contributed by atoms with Gasteiger partial charge in [-0.1, -0.05) is 20.8 Å². The molecule has 0 aromatic carbocycles. The average molecular weight is 283 g/mol. The van der Waals surface area contributed by atoms with E-state index in [-0.39, 0.29) is 5.91 Å². The monoisotopic (exact) mass is 283 g/mol. The van der Waals surface area contributed by atoms with E-state index < -0.39 is 0 Å². The Morgan fingerprint density at radius 3 is 2.45 bits per heavy atom. The molecular formula is C16H33N3O. The van der Waals surface area contributed by atoms with Crippen LogP contribution in [0.5, 0.6) is 0 Å². The molecule has 0 aromatic heterocycles. The van der Waals surface area contributed by atoms with Gasteiger partial charge in [0.2, 0.25) is 5.91 Å². The minimum Gasteiger partial charge on any atom is -0.356 e. The van der Waals surface area contributed by atoms with E-state index in [4.69, 9.17) is 5.73 Å². The number of nitrogens with one attached hydrogen (secondary N) is 1. The van der Waals surface area contributed by atoms with E-state index in [0.29, 0.717) is 30.7 Å². The fraction of sp³-hybridized carbons (Fsp3) is 0.938. The largest absolute Gasteiger partial charge is 0.356 e. The third-order valence-corrected chi connectivity index (χ3v) is 4.03. The van der Waals surface area contributed by atoms with Crippen LogP contribution in [0.25, 0.3) is 0 Å². The predicted octanol–water partition coefficient (Wildman–Crippen LogP) is 1.85. The predicted molar refractivity (Wildman–Crippen MR) is 84.5 cm³/mol. The summed E-state index contributed by atoms with van der Waals surface area (Å²) in [5.74, 6) is 1.61. The topological polar surface area (TPSA) is 58.4 Å². The van der Waals surface area contributed by atoms with Crippen LogP contribution in [0.4, 0.5) is 0 Å². The lowest BCUT2D eigenvalue weighted by atomic mass is 9.94. The van der Waals surface area contributed by atoms with Crippen LogP contribution in [-0.4, -0.2) is 43.5 Å². The van der Waals surface area contributed by atoms with Gasteiger partial charge in [-0.3, -0.25) is 4.79 Å². The number of nitrogens with two attached hydrogens (primary N) is 1. The number of hydrogen-bond donors (Lipinski definition) is 2. The second kappa shape index (κ2) is 9.35. The Hall–Kier alpha value is -0.610. The van der Waals surface area contributed by atoms with Crippen molar-refractivity contribution >= 4 is 5.91 Å². The van der Waals surface area contributed by atoms with Crippen molar-refractivity contribution in [1.29, 1.82) is 0 Å². The van der Waals surface area contributed by atoms with Gasteiger partial charge in [0.25, 0.3) is 0 Å². The van der Waals surface area contributed by atoms with Gasteiger partial charge in [0.1, 0.15) is 0 Å². The number of hydrogen-bond acceptors (Lipinski definition) is 3. The summed E-state index contributed by atoms with van der Waals surface area (Å²) in [5, 5.41) is 3.07. The third-order valence-electron chi connectivity index (χ3n) is 4.03. The summed E-state index contributed by atoms with van der Waals surface area (Å²) in [6, 6.07) is 0. The highest BCUT2D eigenvalue weighted by Crippen LogP contribution is 2.14. The zero-order chi connectivity index (χ0) is 15.0. The van der Waals surface area contributed by atoms with E-state index in [2.05, 4.69) is 31.0 Å². The van der Waals surface area contributed by atoms with E-state index in [1.807, 2.05) is 0 Å². The minimum absolute atomic E-state index is 0.161. The fourth-order valence-corrected chi connectivity index (χ4v) is 3.02. The van der Waals surface area contributed by atoms with E-state index in [9.17, 15) is 4.79 Å². The van der Waals surface area contributed by atoms with Crippen LogP contribution in [0.3, 0.4) is 0 Å². The quantitative estimate of drug-likeness (QED) is 0.679. The first kappa shape index (κ1) is 17.4. The summed E-state index contributed by atoms with van der Waals surface area (Å²) in [7, 11) is 0. The molecule has 1 saturated heterocycles. The zero-order valence-electron chi connectivity index (χ0n) is 13.5. The van der Waals surface area contributed by atoms with Crippen molar-refractivity contribution in [3.63, 3.8) is 0 Å². The van der Waals surface area contributed by atoms with Gasteiger partial charge in [-0.2, -0.15) is 0 Å². The van der Waals surface area contributed by atoms with Gasteiger partial charge in [-0.15, -0.1) is 0 Å². The number of nitrogens with zero attached hydrogens (tertiary/aromatic N) is 1. The lowest BCUT2D eigenvalue weighted by molar-refractivity contribution is -0.122. The first-order valence-electron chi connectivity index (χ1n) is 8.20. The van der Waals surface area contributed by atoms with E-state index in [0.717, 1.165) is 19.5 Å². The van der Waals surface area contributed by atoms with E-state index in [1.54, 1.807) is 0 Å². The van der Waals surface area contributed by atoms with Gasteiger partial charge in [-0.05, 0) is 56.7 Å². The first-order chi connectivity index (χ1) is 9.51. The highest BCUT2D eigenvalue weighted by Gasteiger charge is 2.17. The molecule has 1 fully saturated rings. The van der Waals surface area contributed by atoms with Crippen molar-refractivity contribution in [2.75, 3.05) is 32.7 Å². The van der Waals surface area contributed by atoms with Crippen molar-refractivity contribution in [2.45, 2.75) is 46.5 Å². The summed E-state index contributed by atoms with van der Waals surface area (Å²) in [6.45, 7) is 11.5. The molecule has 118 valence electrons. The van der Waals surface area contributed by atoms with Crippen LogP contribution in [-0.2, 0) is 4.79 Å². The molecule has 0 saturated carbocycles. The zero-order valence-corrected chi connectivity index (χ0v) is 13.5. The molecule has 20 heavy (non-hydrogen) atoms. The molecule has 0 radical (unpaired) electrons. The highest BCUT2D eigenvalue weighted by atomic mass is 16.1. The van der Waals surface area contributed by atoms with Gasteiger partial charge in [0.05, 0.1) is 0 Å². The molecule has 0 aromatic rings. The molecule has 4 heteroatoms. The van der Waals surface area contributed by atoms with Crippen LogP contribution in [0.15, 0.2) is 0 Å². The number of amides is 1. The molecule has 2 unspecified atom stereocenters. The van der Waals surface area contributed by atoms with Gasteiger partial charge in [0.15, 0.2) is 0 Å². The van der Waals surface area contributed by atoms with Crippen molar-refractivity contribution in [1.82, 2.24) is 10.2 Å². The van der Waals surface area contributed by atoms with Crippen LogP contribution in [0.2, 0.25) is 0 Å². The Morgan fingerprint density at radius 1 is 1.25 bits per heavy atom. The number of rotatable bonds is 9. The van der Waals surface area contributed by atoms with Crippen LogP contribution < -0.4 is 11.1 Å². The minimum atomic E-state index is 0.161. The Labute approximate surface area is 124 Å². The Kier molecular flexibility index (Phi) is 8.15. The summed E-state index contributed by atoms with van der Waals surface area (Å²) >= 11 is 0. The Morgan fingerprint density at radius 2 is 1.90 bits per heavy atom. The molecule has 1 aliphatic rings. The maximum atomic E-state index is 12.0. The second-order valence-electron chi connectivity index (χ2n) is 6.85. The first-order valence-corrected chi connectivity index (χ1v) is 8.20. The van der Waals surface area contributed by atoms with E-state index in [1.165, 1.54) is 25.9 Å². The van der Waals surface area contributed by atoms with Crippen LogP contribution >= 0.6 is 0 Å². The van der Waals surface area contributed by atoms with Crippen molar-refractivity contribution in [3.05, 3.63) is 0 Å². The maximum absolute atomic E-state index is 12.0. The Bertz CT molecular complexity index is 275. The number of carbonyl (C=O) groups excluding carboxylic acids is 1. The van der Waals surface area contributed by atoms with Crippen molar-refractivity contribution < 1.29 is 4.79 Å². The lowest BCUT2D eigenvalue weighted by Crippen LogP contribution is -2.35. The molecule has 4 nitrogen and oxygen atoms in total. The average Bonchev–Trinajstić information content (AvgIpc) is 2.87. The van der Waals surface area contributed by atoms with Crippen molar-refractivity contribution in [3.8, 4) is 0 Å². The highest BCUT2D eigenvalue weighted by molar-refractivity contribution is 5.76. The summed E-state index contributed by atoms with van der Waals surface area (Å²) < 4.78 is 0. The summed E-state index contributed by atoms with van der Waals surface area (Å²) in [4.78, 5) is 14.5. The normalized spacial score (nSPS) is 19.2. The van der Waals surface area contributed by atoms with Gasteiger partial charge < -0.3 is 16.0 Å². The lowest BCUT2D eigenvalue weighted by Gasteiger charge is -2.21. The van der Waals surface area contributed by atoms with Crippen LogP contribution in [0, 0.1) is 17.8 Å². The second-order valence-corrected chi connectivity index (χ2v) is 6.85. The molecular weight excluding hydrogens is 250 g/mol. The standard InChI is InChI=1S/C16H33N3O/c1-13(2)8-15(10-17)9-16(20)18-11-14(3)12-19-6-4-5-7-19/h13-15H,4-12,17H2,1-3H3,(H,18,20). The maximum Gasteiger partial charge on any atom is 0.220 e. The number of carbonyl (C=O) groups is 1. The van der Waals surface area contributed by atoms with Gasteiger partial charge in [0, 0.05) is 19.5 Å². The number of likely N-dealkylation sites (tertiary alicyclic amines) is 1. The Balaban J connectivity index is 2.17. The van der Waals surface area contributed by atoms with Gasteiger partial charge in [-0.25, -0.2) is 0 Å². The van der Waals surface area contributed by atoms with Crippen LogP contribution in [0.1, 0.15) is 46.5 Å². The summed E-state index contributed by atoms with van der Waals surface area (Å²) in [5.41, 5.74) is 5.75. The van der Waals surface area contributed by atoms with Gasteiger partial charge >= 0.3 is 0 Å². The summed E-state index contributed by atoms with van der Waals surface area (Å²) in [6.07, 6.45) is 4.26. The molecule has 3 N–H and O–H groups in total. The smallest absolute Gasteiger partial charge is 0.220 e. The molecule has 1 aliphatic heterocycles. The SMILES string of the molecule is CC(C)CC(CN)CC(=O)NCC(C)CN1CCCC1. The van der Waals surface area contributed by atoms with E-state index >= 15 is 0 Å². The molecule has 1 heterocycles. The molecule has 1 rings (SSSR count). The fourth-order valence-electron chi connectivity index (χ4n) is 3.02. The third kappa shape index (κ3) is 7.25. The molecule has 2 atom stereocenters. The molecule has 0 bridgehead atoms. The van der Waals surface area contributed by atoms with Crippen molar-refractivity contribution in [2.24, 2.45) is 23.5 Å². The molecule has 0 spiro atoms. The molecule has 1 amide bonds.